The van der Waals surface area contributed by atoms with Gasteiger partial charge in [0.2, 0.25) is 0 Å². The molecule has 0 amide bonds. The lowest BCUT2D eigenvalue weighted by Gasteiger charge is -2.18. The van der Waals surface area contributed by atoms with Crippen molar-refractivity contribution in [2.45, 2.75) is 342 Å². The lowest BCUT2D eigenvalue weighted by molar-refractivity contribution is -0.167. The fraction of sp³-hybridized carbons (Fsp3) is 0.949. The number of unbranched alkanes of at least 4 members (excludes halogenated alkanes) is 40. The van der Waals surface area contributed by atoms with Crippen molar-refractivity contribution in [2.75, 3.05) is 13.2 Å². The molecule has 2 atom stereocenters. The van der Waals surface area contributed by atoms with Crippen molar-refractivity contribution in [1.82, 2.24) is 0 Å². The van der Waals surface area contributed by atoms with Crippen molar-refractivity contribution in [2.24, 2.45) is 5.92 Å². The highest BCUT2D eigenvalue weighted by molar-refractivity contribution is 5.71. The number of carbonyl (C=O) groups is 3. The van der Waals surface area contributed by atoms with Crippen LogP contribution < -0.4 is 0 Å². The van der Waals surface area contributed by atoms with E-state index in [9.17, 15) is 14.4 Å². The van der Waals surface area contributed by atoms with E-state index in [0.29, 0.717) is 19.3 Å². The minimum absolute atomic E-state index is 0.0620. The number of ether oxygens (including phenoxy) is 3. The monoisotopic (exact) mass is 919 g/mol. The Labute approximate surface area is 406 Å². The minimum Gasteiger partial charge on any atom is -0.462 e. The summed E-state index contributed by atoms with van der Waals surface area (Å²) in [6.45, 7) is 9.09. The van der Waals surface area contributed by atoms with E-state index in [1.54, 1.807) is 0 Å². The van der Waals surface area contributed by atoms with Crippen LogP contribution in [0.4, 0.5) is 0 Å². The van der Waals surface area contributed by atoms with Gasteiger partial charge in [0, 0.05) is 19.3 Å². The van der Waals surface area contributed by atoms with Crippen molar-refractivity contribution >= 4 is 17.9 Å². The Balaban J connectivity index is 4.20. The first-order chi connectivity index (χ1) is 31.9. The second-order valence-corrected chi connectivity index (χ2v) is 20.5. The first-order valence-electron chi connectivity index (χ1n) is 29.4. The Morgan fingerprint density at radius 1 is 0.308 bits per heavy atom. The van der Waals surface area contributed by atoms with Crippen LogP contribution in [0.25, 0.3) is 0 Å². The Kier molecular flexibility index (Phi) is 52.1. The third-order valence-corrected chi connectivity index (χ3v) is 13.9. The molecule has 386 valence electrons. The van der Waals surface area contributed by atoms with Gasteiger partial charge in [0.15, 0.2) is 6.10 Å². The Hall–Kier alpha value is -1.59. The average Bonchev–Trinajstić information content (AvgIpc) is 3.30. The molecule has 6 heteroatoms. The Morgan fingerprint density at radius 2 is 0.538 bits per heavy atom. The third-order valence-electron chi connectivity index (χ3n) is 13.9. The van der Waals surface area contributed by atoms with Crippen LogP contribution in [0, 0.1) is 5.92 Å². The van der Waals surface area contributed by atoms with E-state index < -0.39 is 6.10 Å². The van der Waals surface area contributed by atoms with E-state index in [4.69, 9.17) is 14.2 Å². The molecular weight excluding hydrogens is 805 g/mol. The van der Waals surface area contributed by atoms with E-state index in [0.717, 1.165) is 63.7 Å². The van der Waals surface area contributed by atoms with Crippen LogP contribution in [0.15, 0.2) is 0 Å². The van der Waals surface area contributed by atoms with E-state index in [1.807, 2.05) is 0 Å². The molecule has 0 rings (SSSR count). The fourth-order valence-electron chi connectivity index (χ4n) is 9.07. The highest BCUT2D eigenvalue weighted by Crippen LogP contribution is 2.18. The Bertz CT molecular complexity index is 982. The molecule has 0 aliphatic heterocycles. The zero-order chi connectivity index (χ0) is 47.4. The number of carbonyl (C=O) groups excluding carboxylic acids is 3. The minimum atomic E-state index is -0.761. The van der Waals surface area contributed by atoms with Crippen LogP contribution in [0.5, 0.6) is 0 Å². The second-order valence-electron chi connectivity index (χ2n) is 20.5. The van der Waals surface area contributed by atoms with Crippen molar-refractivity contribution in [3.8, 4) is 0 Å². The van der Waals surface area contributed by atoms with Crippen molar-refractivity contribution < 1.29 is 28.6 Å². The molecule has 0 spiro atoms. The number of rotatable bonds is 54. The topological polar surface area (TPSA) is 78.9 Å². The molecule has 0 aromatic rings. The van der Waals surface area contributed by atoms with Gasteiger partial charge in [-0.05, 0) is 25.2 Å². The lowest BCUT2D eigenvalue weighted by atomic mass is 9.99. The number of hydrogen-bond acceptors (Lipinski definition) is 6. The van der Waals surface area contributed by atoms with Crippen LogP contribution in [-0.2, 0) is 28.6 Å². The van der Waals surface area contributed by atoms with Gasteiger partial charge in [-0.25, -0.2) is 0 Å². The summed E-state index contributed by atoms with van der Waals surface area (Å²) in [6, 6.07) is 0. The van der Waals surface area contributed by atoms with Gasteiger partial charge in [-0.2, -0.15) is 0 Å². The zero-order valence-corrected chi connectivity index (χ0v) is 44.5. The summed E-state index contributed by atoms with van der Waals surface area (Å²) in [6.07, 6.45) is 58.1. The van der Waals surface area contributed by atoms with Gasteiger partial charge in [-0.15, -0.1) is 0 Å². The van der Waals surface area contributed by atoms with Crippen LogP contribution in [0.2, 0.25) is 0 Å². The third kappa shape index (κ3) is 51.6. The smallest absolute Gasteiger partial charge is 0.306 e. The summed E-state index contributed by atoms with van der Waals surface area (Å²) >= 11 is 0. The fourth-order valence-corrected chi connectivity index (χ4v) is 9.07. The van der Waals surface area contributed by atoms with Gasteiger partial charge in [-0.1, -0.05) is 297 Å². The first-order valence-corrected chi connectivity index (χ1v) is 29.4. The summed E-state index contributed by atoms with van der Waals surface area (Å²) < 4.78 is 16.9. The molecule has 0 heterocycles. The van der Waals surface area contributed by atoms with Crippen LogP contribution >= 0.6 is 0 Å². The summed E-state index contributed by atoms with van der Waals surface area (Å²) in [5, 5.41) is 0. The zero-order valence-electron chi connectivity index (χ0n) is 44.5. The van der Waals surface area contributed by atoms with E-state index in [-0.39, 0.29) is 31.1 Å². The van der Waals surface area contributed by atoms with Crippen LogP contribution in [-0.4, -0.2) is 37.2 Å². The standard InChI is InChI=1S/C59H114O6/c1-5-8-10-12-14-16-18-19-20-21-22-23-24-28-31-35-38-42-46-50-57(60)63-53-56(65-59(62)52-48-44-40-34-17-15-13-11-9-6-2)54-64-58(61)51-47-43-39-36-32-29-26-25-27-30-33-37-41-45-49-55(4)7-3/h55-56H,5-54H2,1-4H3/t55?,56-/m1/s1. The van der Waals surface area contributed by atoms with Crippen molar-refractivity contribution in [1.29, 1.82) is 0 Å². The molecule has 0 saturated carbocycles. The average molecular weight is 920 g/mol. The van der Waals surface area contributed by atoms with Gasteiger partial charge in [0.1, 0.15) is 13.2 Å². The van der Waals surface area contributed by atoms with Crippen LogP contribution in [0.1, 0.15) is 336 Å². The molecule has 0 fully saturated rings. The SMILES string of the molecule is CCCCCCCCCCCCCCCCCCCCCC(=O)OC[C@H](COC(=O)CCCCCCCCCCCCCCCCC(C)CC)OC(=O)CCCCCCCCCCCC. The number of hydrogen-bond donors (Lipinski definition) is 0. The maximum absolute atomic E-state index is 12.8. The Morgan fingerprint density at radius 3 is 0.800 bits per heavy atom. The maximum Gasteiger partial charge on any atom is 0.306 e. The quantitative estimate of drug-likeness (QED) is 0.0344. The molecule has 0 aromatic carbocycles. The summed E-state index contributed by atoms with van der Waals surface area (Å²) in [5.74, 6) is 0.0588. The molecule has 0 radical (unpaired) electrons. The maximum atomic E-state index is 12.8. The van der Waals surface area contributed by atoms with E-state index in [1.165, 1.54) is 231 Å². The van der Waals surface area contributed by atoms with Gasteiger partial charge in [0.05, 0.1) is 0 Å². The first kappa shape index (κ1) is 63.4. The molecule has 6 nitrogen and oxygen atoms in total. The van der Waals surface area contributed by atoms with E-state index >= 15 is 0 Å². The summed E-state index contributed by atoms with van der Waals surface area (Å²) in [7, 11) is 0. The summed E-state index contributed by atoms with van der Waals surface area (Å²) in [5.41, 5.74) is 0. The highest BCUT2D eigenvalue weighted by atomic mass is 16.6. The van der Waals surface area contributed by atoms with Crippen molar-refractivity contribution in [3.63, 3.8) is 0 Å². The van der Waals surface area contributed by atoms with Crippen molar-refractivity contribution in [3.05, 3.63) is 0 Å². The van der Waals surface area contributed by atoms with E-state index in [2.05, 4.69) is 27.7 Å². The second kappa shape index (κ2) is 53.4. The largest absolute Gasteiger partial charge is 0.462 e. The van der Waals surface area contributed by atoms with Crippen LogP contribution in [0.3, 0.4) is 0 Å². The molecule has 0 aromatic heterocycles. The molecule has 0 N–H and O–H groups in total. The van der Waals surface area contributed by atoms with Gasteiger partial charge >= 0.3 is 17.9 Å². The van der Waals surface area contributed by atoms with Gasteiger partial charge < -0.3 is 14.2 Å². The normalized spacial score (nSPS) is 12.4. The molecule has 0 aliphatic carbocycles. The highest BCUT2D eigenvalue weighted by Gasteiger charge is 2.19. The predicted octanol–water partition coefficient (Wildman–Crippen LogP) is 19.4. The summed E-state index contributed by atoms with van der Waals surface area (Å²) in [4.78, 5) is 38.1. The molecule has 0 saturated heterocycles. The van der Waals surface area contributed by atoms with Gasteiger partial charge in [-0.3, -0.25) is 14.4 Å². The molecule has 1 unspecified atom stereocenters. The lowest BCUT2D eigenvalue weighted by Crippen LogP contribution is -2.30. The molecule has 65 heavy (non-hydrogen) atoms. The molecular formula is C59H114O6. The predicted molar refractivity (Wildman–Crippen MR) is 280 cm³/mol. The van der Waals surface area contributed by atoms with Gasteiger partial charge in [0.25, 0.3) is 0 Å². The molecule has 0 bridgehead atoms. The molecule has 0 aliphatic rings. The number of esters is 3.